The largest absolute Gasteiger partial charge is 0.479 e. The van der Waals surface area contributed by atoms with E-state index < -0.39 is 6.10 Å². The molecule has 0 spiro atoms. The summed E-state index contributed by atoms with van der Waals surface area (Å²) >= 11 is 9.36. The normalized spacial score (nSPS) is 11.8. The molecule has 1 unspecified atom stereocenters. The maximum absolute atomic E-state index is 12.1. The van der Waals surface area contributed by atoms with Gasteiger partial charge in [-0.1, -0.05) is 33.6 Å². The second kappa shape index (κ2) is 6.83. The Morgan fingerprint density at radius 1 is 1.33 bits per heavy atom. The lowest BCUT2D eigenvalue weighted by molar-refractivity contribution is -0.122. The molecule has 6 heteroatoms. The molecule has 0 radical (unpaired) electrons. The Bertz CT molecular complexity index is 664. The number of amides is 1. The van der Waals surface area contributed by atoms with Crippen LogP contribution in [0.5, 0.6) is 5.75 Å². The van der Waals surface area contributed by atoms with Crippen LogP contribution in [0.25, 0.3) is 0 Å². The molecule has 110 valence electrons. The van der Waals surface area contributed by atoms with Gasteiger partial charge in [-0.3, -0.25) is 4.79 Å². The monoisotopic (exact) mass is 368 g/mol. The first-order valence-corrected chi connectivity index (χ1v) is 7.41. The van der Waals surface area contributed by atoms with Crippen LogP contribution in [0.2, 0.25) is 5.02 Å². The zero-order chi connectivity index (χ0) is 15.4. The SMILES string of the molecule is CC(Oc1cc(Br)ccc1Cl)C(=O)Nc1cccc(N)c1. The number of anilines is 2. The van der Waals surface area contributed by atoms with Crippen molar-refractivity contribution in [1.82, 2.24) is 0 Å². The number of halogens is 2. The lowest BCUT2D eigenvalue weighted by Gasteiger charge is -2.16. The van der Waals surface area contributed by atoms with Gasteiger partial charge < -0.3 is 15.8 Å². The number of nitrogens with one attached hydrogen (secondary N) is 1. The molecule has 4 nitrogen and oxygen atoms in total. The van der Waals surface area contributed by atoms with Gasteiger partial charge in [0.25, 0.3) is 5.91 Å². The molecule has 0 heterocycles. The van der Waals surface area contributed by atoms with Gasteiger partial charge in [0.15, 0.2) is 6.10 Å². The third-order valence-electron chi connectivity index (χ3n) is 2.72. The first kappa shape index (κ1) is 15.7. The number of hydrogen-bond donors (Lipinski definition) is 2. The highest BCUT2D eigenvalue weighted by Crippen LogP contribution is 2.28. The van der Waals surface area contributed by atoms with Crippen molar-refractivity contribution in [3.63, 3.8) is 0 Å². The zero-order valence-electron chi connectivity index (χ0n) is 11.3. The van der Waals surface area contributed by atoms with E-state index >= 15 is 0 Å². The van der Waals surface area contributed by atoms with E-state index in [4.69, 9.17) is 22.1 Å². The van der Waals surface area contributed by atoms with Gasteiger partial charge in [-0.05, 0) is 43.3 Å². The predicted octanol–water partition coefficient (Wildman–Crippen LogP) is 4.09. The second-order valence-corrected chi connectivity index (χ2v) is 5.77. The summed E-state index contributed by atoms with van der Waals surface area (Å²) < 4.78 is 6.41. The molecular weight excluding hydrogens is 356 g/mol. The summed E-state index contributed by atoms with van der Waals surface area (Å²) in [5.41, 5.74) is 6.87. The van der Waals surface area contributed by atoms with Crippen LogP contribution in [0.15, 0.2) is 46.9 Å². The number of nitrogen functional groups attached to an aromatic ring is 1. The Kier molecular flexibility index (Phi) is 5.09. The topological polar surface area (TPSA) is 64.3 Å². The van der Waals surface area contributed by atoms with Crippen molar-refractivity contribution in [3.8, 4) is 5.75 Å². The highest BCUT2D eigenvalue weighted by molar-refractivity contribution is 9.10. The number of rotatable bonds is 4. The van der Waals surface area contributed by atoms with Gasteiger partial charge in [-0.25, -0.2) is 0 Å². The molecule has 1 atom stereocenters. The van der Waals surface area contributed by atoms with Crippen LogP contribution in [0.3, 0.4) is 0 Å². The highest BCUT2D eigenvalue weighted by Gasteiger charge is 2.16. The Balaban J connectivity index is 2.04. The van der Waals surface area contributed by atoms with E-state index in [0.717, 1.165) is 4.47 Å². The zero-order valence-corrected chi connectivity index (χ0v) is 13.6. The van der Waals surface area contributed by atoms with Crippen molar-refractivity contribution in [3.05, 3.63) is 52.0 Å². The fourth-order valence-corrected chi connectivity index (χ4v) is 2.17. The summed E-state index contributed by atoms with van der Waals surface area (Å²) in [6.07, 6.45) is -0.696. The van der Waals surface area contributed by atoms with Crippen molar-refractivity contribution >= 4 is 44.8 Å². The molecule has 0 saturated heterocycles. The minimum Gasteiger partial charge on any atom is -0.479 e. The van der Waals surface area contributed by atoms with Crippen LogP contribution in [-0.2, 0) is 4.79 Å². The standard InChI is InChI=1S/C15H14BrClN2O2/c1-9(21-14-7-10(16)5-6-13(14)17)15(20)19-12-4-2-3-11(18)8-12/h2-9H,18H2,1H3,(H,19,20). The summed E-state index contributed by atoms with van der Waals surface area (Å²) in [4.78, 5) is 12.1. The maximum Gasteiger partial charge on any atom is 0.265 e. The van der Waals surface area contributed by atoms with Crippen LogP contribution in [0.1, 0.15) is 6.92 Å². The van der Waals surface area contributed by atoms with E-state index in [1.807, 2.05) is 0 Å². The van der Waals surface area contributed by atoms with Gasteiger partial charge >= 0.3 is 0 Å². The summed E-state index contributed by atoms with van der Waals surface area (Å²) in [5.74, 6) is 0.165. The minimum atomic E-state index is -0.696. The van der Waals surface area contributed by atoms with Crippen molar-refractivity contribution in [2.45, 2.75) is 13.0 Å². The second-order valence-electron chi connectivity index (χ2n) is 4.45. The molecule has 21 heavy (non-hydrogen) atoms. The number of hydrogen-bond acceptors (Lipinski definition) is 3. The van der Waals surface area contributed by atoms with Crippen molar-refractivity contribution in [2.24, 2.45) is 0 Å². The molecule has 0 aliphatic rings. The van der Waals surface area contributed by atoms with Crippen molar-refractivity contribution in [2.75, 3.05) is 11.1 Å². The number of ether oxygens (including phenoxy) is 1. The predicted molar refractivity (Wildman–Crippen MR) is 88.7 cm³/mol. The van der Waals surface area contributed by atoms with E-state index in [-0.39, 0.29) is 5.91 Å². The summed E-state index contributed by atoms with van der Waals surface area (Å²) in [5, 5.41) is 3.18. The van der Waals surface area contributed by atoms with E-state index in [0.29, 0.717) is 22.1 Å². The van der Waals surface area contributed by atoms with E-state index in [2.05, 4.69) is 21.2 Å². The average Bonchev–Trinajstić information content (AvgIpc) is 2.43. The third kappa shape index (κ3) is 4.37. The van der Waals surface area contributed by atoms with Gasteiger partial charge in [-0.15, -0.1) is 0 Å². The van der Waals surface area contributed by atoms with Crippen LogP contribution < -0.4 is 15.8 Å². The average molecular weight is 370 g/mol. The first-order valence-electron chi connectivity index (χ1n) is 6.24. The van der Waals surface area contributed by atoms with E-state index in [9.17, 15) is 4.79 Å². The fraction of sp³-hybridized carbons (Fsp3) is 0.133. The fourth-order valence-electron chi connectivity index (χ4n) is 1.67. The highest BCUT2D eigenvalue weighted by atomic mass is 79.9. The number of benzene rings is 2. The molecular formula is C15H14BrClN2O2. The van der Waals surface area contributed by atoms with Crippen molar-refractivity contribution < 1.29 is 9.53 Å². The molecule has 0 aliphatic carbocycles. The Morgan fingerprint density at radius 2 is 2.10 bits per heavy atom. The molecule has 1 amide bonds. The van der Waals surface area contributed by atoms with Crippen LogP contribution in [0, 0.1) is 0 Å². The lowest BCUT2D eigenvalue weighted by atomic mass is 10.2. The number of carbonyl (C=O) groups excluding carboxylic acids is 1. The van der Waals surface area contributed by atoms with Crippen LogP contribution >= 0.6 is 27.5 Å². The Labute approximate surface area is 136 Å². The number of nitrogens with two attached hydrogens (primary N) is 1. The molecule has 2 aromatic carbocycles. The van der Waals surface area contributed by atoms with E-state index in [1.54, 1.807) is 49.4 Å². The van der Waals surface area contributed by atoms with E-state index in [1.165, 1.54) is 0 Å². The first-order chi connectivity index (χ1) is 9.95. The number of carbonyl (C=O) groups is 1. The molecule has 0 fully saturated rings. The van der Waals surface area contributed by atoms with Crippen LogP contribution in [0.4, 0.5) is 11.4 Å². The smallest absolute Gasteiger partial charge is 0.265 e. The van der Waals surface area contributed by atoms with Crippen molar-refractivity contribution in [1.29, 1.82) is 0 Å². The van der Waals surface area contributed by atoms with Gasteiger partial charge in [0, 0.05) is 15.8 Å². The maximum atomic E-state index is 12.1. The van der Waals surface area contributed by atoms with Gasteiger partial charge in [0.2, 0.25) is 0 Å². The summed E-state index contributed by atoms with van der Waals surface area (Å²) in [6.45, 7) is 1.65. The quantitative estimate of drug-likeness (QED) is 0.798. The molecule has 0 bridgehead atoms. The third-order valence-corrected chi connectivity index (χ3v) is 3.53. The minimum absolute atomic E-state index is 0.281. The molecule has 2 aromatic rings. The lowest BCUT2D eigenvalue weighted by Crippen LogP contribution is -2.30. The van der Waals surface area contributed by atoms with Gasteiger partial charge in [-0.2, -0.15) is 0 Å². The van der Waals surface area contributed by atoms with Crippen LogP contribution in [-0.4, -0.2) is 12.0 Å². The summed E-state index contributed by atoms with van der Waals surface area (Å²) in [6, 6.07) is 12.2. The molecule has 0 aliphatic heterocycles. The van der Waals surface area contributed by atoms with Gasteiger partial charge in [0.05, 0.1) is 5.02 Å². The molecule has 2 rings (SSSR count). The summed E-state index contributed by atoms with van der Waals surface area (Å²) in [7, 11) is 0. The molecule has 0 saturated carbocycles. The Morgan fingerprint density at radius 3 is 2.81 bits per heavy atom. The molecule has 0 aromatic heterocycles. The van der Waals surface area contributed by atoms with Gasteiger partial charge in [0.1, 0.15) is 5.75 Å². The molecule has 3 N–H and O–H groups in total. The Hall–Kier alpha value is -1.72.